The number of hydrogen-bond acceptors (Lipinski definition) is 4. The molecule has 2 aromatic heterocycles. The fourth-order valence-corrected chi connectivity index (χ4v) is 2.65. The van der Waals surface area contributed by atoms with Crippen LogP contribution in [0.15, 0.2) is 71.3 Å². The fraction of sp³-hybridized carbons (Fsp3) is 0.250. The molecule has 0 fully saturated rings. The highest BCUT2D eigenvalue weighted by atomic mass is 16.3. The van der Waals surface area contributed by atoms with E-state index in [9.17, 15) is 5.11 Å². The summed E-state index contributed by atoms with van der Waals surface area (Å²) in [5.74, 6) is 1.91. The molecular weight excluding hydrogens is 300 g/mol. The molecule has 3 aromatic rings. The van der Waals surface area contributed by atoms with Crippen LogP contribution in [-0.2, 0) is 13.0 Å². The second-order valence-electron chi connectivity index (χ2n) is 5.84. The standard InChI is InChI=1S/C20H22N2O2/c23-15-16(12-18-8-4-5-11-22-18)13-21-14-19-9-10-20(24-19)17-6-2-1-3-7-17/h1-11,16,21,23H,12-15H2. The zero-order valence-corrected chi connectivity index (χ0v) is 13.6. The van der Waals surface area contributed by atoms with Gasteiger partial charge < -0.3 is 14.8 Å². The molecule has 4 heteroatoms. The zero-order chi connectivity index (χ0) is 16.6. The molecule has 1 aromatic carbocycles. The molecule has 3 rings (SSSR count). The molecule has 0 saturated carbocycles. The number of aliphatic hydroxyl groups is 1. The first-order valence-corrected chi connectivity index (χ1v) is 8.21. The Morgan fingerprint density at radius 3 is 2.58 bits per heavy atom. The van der Waals surface area contributed by atoms with Crippen LogP contribution in [0.4, 0.5) is 0 Å². The Hall–Kier alpha value is -2.43. The quantitative estimate of drug-likeness (QED) is 0.668. The SMILES string of the molecule is OCC(CNCc1ccc(-c2ccccc2)o1)Cc1ccccn1. The van der Waals surface area contributed by atoms with Crippen LogP contribution in [0.25, 0.3) is 11.3 Å². The van der Waals surface area contributed by atoms with Gasteiger partial charge in [0.2, 0.25) is 0 Å². The Kier molecular flexibility index (Phi) is 5.77. The first-order chi connectivity index (χ1) is 11.8. The Balaban J connectivity index is 1.50. The van der Waals surface area contributed by atoms with E-state index in [1.54, 1.807) is 6.20 Å². The van der Waals surface area contributed by atoms with Gasteiger partial charge >= 0.3 is 0 Å². The van der Waals surface area contributed by atoms with Crippen molar-refractivity contribution in [1.82, 2.24) is 10.3 Å². The fourth-order valence-electron chi connectivity index (χ4n) is 2.65. The van der Waals surface area contributed by atoms with Gasteiger partial charge in [0.15, 0.2) is 0 Å². The second kappa shape index (κ2) is 8.43. The summed E-state index contributed by atoms with van der Waals surface area (Å²) in [6.07, 6.45) is 2.54. The van der Waals surface area contributed by atoms with E-state index in [2.05, 4.69) is 10.3 Å². The van der Waals surface area contributed by atoms with Crippen molar-refractivity contribution < 1.29 is 9.52 Å². The Morgan fingerprint density at radius 1 is 1.00 bits per heavy atom. The van der Waals surface area contributed by atoms with Gasteiger partial charge in [-0.15, -0.1) is 0 Å². The third kappa shape index (κ3) is 4.54. The van der Waals surface area contributed by atoms with Gasteiger partial charge in [-0.25, -0.2) is 0 Å². The van der Waals surface area contributed by atoms with Gasteiger partial charge in [0, 0.05) is 30.6 Å². The van der Waals surface area contributed by atoms with E-state index in [4.69, 9.17) is 4.42 Å². The maximum Gasteiger partial charge on any atom is 0.134 e. The number of hydrogen-bond donors (Lipinski definition) is 2. The highest BCUT2D eigenvalue weighted by Crippen LogP contribution is 2.21. The van der Waals surface area contributed by atoms with Gasteiger partial charge in [0.1, 0.15) is 11.5 Å². The minimum atomic E-state index is 0.136. The molecule has 0 spiro atoms. The van der Waals surface area contributed by atoms with Crippen LogP contribution in [0.5, 0.6) is 0 Å². The van der Waals surface area contributed by atoms with Crippen molar-refractivity contribution >= 4 is 0 Å². The predicted octanol–water partition coefficient (Wildman–Crippen LogP) is 3.28. The molecule has 24 heavy (non-hydrogen) atoms. The van der Waals surface area contributed by atoms with E-state index < -0.39 is 0 Å². The third-order valence-electron chi connectivity index (χ3n) is 3.93. The maximum atomic E-state index is 9.55. The van der Waals surface area contributed by atoms with Crippen LogP contribution in [0.2, 0.25) is 0 Å². The molecule has 2 N–H and O–H groups in total. The Bertz CT molecular complexity index is 726. The van der Waals surface area contributed by atoms with Crippen LogP contribution in [-0.4, -0.2) is 23.2 Å². The topological polar surface area (TPSA) is 58.3 Å². The smallest absolute Gasteiger partial charge is 0.134 e. The normalized spacial score (nSPS) is 12.2. The number of rotatable bonds is 8. The summed E-state index contributed by atoms with van der Waals surface area (Å²) in [5.41, 5.74) is 2.08. The van der Waals surface area contributed by atoms with Crippen LogP contribution < -0.4 is 5.32 Å². The van der Waals surface area contributed by atoms with E-state index >= 15 is 0 Å². The first kappa shape index (κ1) is 16.4. The van der Waals surface area contributed by atoms with Crippen molar-refractivity contribution in [1.29, 1.82) is 0 Å². The summed E-state index contributed by atoms with van der Waals surface area (Å²) in [7, 11) is 0. The number of aliphatic hydroxyl groups excluding tert-OH is 1. The Morgan fingerprint density at radius 2 is 1.83 bits per heavy atom. The highest BCUT2D eigenvalue weighted by Gasteiger charge is 2.10. The largest absolute Gasteiger partial charge is 0.460 e. The predicted molar refractivity (Wildman–Crippen MR) is 94.4 cm³/mol. The number of pyridine rings is 1. The maximum absolute atomic E-state index is 9.55. The zero-order valence-electron chi connectivity index (χ0n) is 13.6. The number of benzene rings is 1. The first-order valence-electron chi connectivity index (χ1n) is 8.21. The van der Waals surface area contributed by atoms with Gasteiger partial charge in [0.25, 0.3) is 0 Å². The van der Waals surface area contributed by atoms with Crippen LogP contribution >= 0.6 is 0 Å². The number of nitrogens with zero attached hydrogens (tertiary/aromatic N) is 1. The monoisotopic (exact) mass is 322 g/mol. The van der Waals surface area contributed by atoms with Gasteiger partial charge in [-0.2, -0.15) is 0 Å². The van der Waals surface area contributed by atoms with Crippen molar-refractivity contribution in [2.24, 2.45) is 5.92 Å². The van der Waals surface area contributed by atoms with Crippen LogP contribution in [0.1, 0.15) is 11.5 Å². The van der Waals surface area contributed by atoms with Crippen LogP contribution in [0, 0.1) is 5.92 Å². The number of nitrogens with one attached hydrogen (secondary N) is 1. The summed E-state index contributed by atoms with van der Waals surface area (Å²) in [6.45, 7) is 1.50. The molecule has 0 saturated heterocycles. The van der Waals surface area contributed by atoms with Crippen molar-refractivity contribution in [2.45, 2.75) is 13.0 Å². The molecule has 0 aliphatic rings. The van der Waals surface area contributed by atoms with E-state index in [0.717, 1.165) is 29.2 Å². The molecule has 0 bridgehead atoms. The second-order valence-corrected chi connectivity index (χ2v) is 5.84. The number of aromatic nitrogens is 1. The molecule has 124 valence electrons. The van der Waals surface area contributed by atoms with E-state index in [1.807, 2.05) is 60.7 Å². The van der Waals surface area contributed by atoms with Crippen LogP contribution in [0.3, 0.4) is 0 Å². The van der Waals surface area contributed by atoms with Crippen molar-refractivity contribution in [3.8, 4) is 11.3 Å². The van der Waals surface area contributed by atoms with Gasteiger partial charge in [-0.05, 0) is 36.6 Å². The minimum absolute atomic E-state index is 0.136. The molecule has 1 unspecified atom stereocenters. The lowest BCUT2D eigenvalue weighted by Gasteiger charge is -2.14. The molecule has 0 amide bonds. The molecule has 0 aliphatic heterocycles. The van der Waals surface area contributed by atoms with Gasteiger partial charge in [-0.3, -0.25) is 4.98 Å². The summed E-state index contributed by atoms with van der Waals surface area (Å²) in [6, 6.07) is 19.9. The summed E-state index contributed by atoms with van der Waals surface area (Å²) in [4.78, 5) is 4.31. The summed E-state index contributed by atoms with van der Waals surface area (Å²) >= 11 is 0. The van der Waals surface area contributed by atoms with Gasteiger partial charge in [0.05, 0.1) is 6.54 Å². The molecular formula is C20H22N2O2. The lowest BCUT2D eigenvalue weighted by atomic mass is 10.0. The lowest BCUT2D eigenvalue weighted by Crippen LogP contribution is -2.26. The van der Waals surface area contributed by atoms with Crippen molar-refractivity contribution in [3.05, 3.63) is 78.3 Å². The minimum Gasteiger partial charge on any atom is -0.460 e. The molecule has 4 nitrogen and oxygen atoms in total. The summed E-state index contributed by atoms with van der Waals surface area (Å²) < 4.78 is 5.87. The van der Waals surface area contributed by atoms with Crippen molar-refractivity contribution in [2.75, 3.05) is 13.2 Å². The average Bonchev–Trinajstić information content (AvgIpc) is 3.11. The molecule has 0 radical (unpaired) electrons. The Labute approximate surface area is 142 Å². The van der Waals surface area contributed by atoms with E-state index in [0.29, 0.717) is 13.1 Å². The molecule has 2 heterocycles. The lowest BCUT2D eigenvalue weighted by molar-refractivity contribution is 0.220. The van der Waals surface area contributed by atoms with E-state index in [-0.39, 0.29) is 12.5 Å². The summed E-state index contributed by atoms with van der Waals surface area (Å²) in [5, 5.41) is 12.9. The number of furan rings is 1. The van der Waals surface area contributed by atoms with E-state index in [1.165, 1.54) is 0 Å². The average molecular weight is 322 g/mol. The molecule has 1 atom stereocenters. The highest BCUT2D eigenvalue weighted by molar-refractivity contribution is 5.57. The van der Waals surface area contributed by atoms with Crippen molar-refractivity contribution in [3.63, 3.8) is 0 Å². The van der Waals surface area contributed by atoms with Gasteiger partial charge in [-0.1, -0.05) is 36.4 Å². The molecule has 0 aliphatic carbocycles. The third-order valence-corrected chi connectivity index (χ3v) is 3.93.